The van der Waals surface area contributed by atoms with Crippen LogP contribution in [0.1, 0.15) is 71.6 Å². The van der Waals surface area contributed by atoms with Gasteiger partial charge in [-0.05, 0) is 44.1 Å². The highest BCUT2D eigenvalue weighted by molar-refractivity contribution is 5.80. The van der Waals surface area contributed by atoms with Gasteiger partial charge in [0.15, 0.2) is 0 Å². The Kier molecular flexibility index (Phi) is 5.48. The Labute approximate surface area is 124 Å². The number of hydrogen-bond donors (Lipinski definition) is 1. The highest BCUT2D eigenvalue weighted by Gasteiger charge is 2.40. The molecule has 0 saturated heterocycles. The molecule has 2 fully saturated rings. The third kappa shape index (κ3) is 3.55. The summed E-state index contributed by atoms with van der Waals surface area (Å²) < 4.78 is 0. The fourth-order valence-electron chi connectivity index (χ4n) is 4.10. The first kappa shape index (κ1) is 15.8. The molecule has 2 N–H and O–H groups in total. The lowest BCUT2D eigenvalue weighted by molar-refractivity contribution is -0.143. The van der Waals surface area contributed by atoms with Crippen LogP contribution in [-0.2, 0) is 4.79 Å². The molecule has 0 heterocycles. The monoisotopic (exact) mass is 280 g/mol. The fraction of sp³-hybridized carbons (Fsp3) is 0.941. The van der Waals surface area contributed by atoms with Crippen molar-refractivity contribution in [3.8, 4) is 0 Å². The van der Waals surface area contributed by atoms with Crippen LogP contribution in [0.4, 0.5) is 0 Å². The number of carbonyl (C=O) groups is 1. The molecule has 0 spiro atoms. The summed E-state index contributed by atoms with van der Waals surface area (Å²) in [6.45, 7) is 6.12. The molecule has 1 atom stereocenters. The average Bonchev–Trinajstić information content (AvgIpc) is 2.92. The van der Waals surface area contributed by atoms with Crippen LogP contribution in [0.2, 0.25) is 0 Å². The van der Waals surface area contributed by atoms with Gasteiger partial charge in [-0.25, -0.2) is 0 Å². The number of nitrogens with zero attached hydrogens (tertiary/aromatic N) is 1. The highest BCUT2D eigenvalue weighted by atomic mass is 16.2. The van der Waals surface area contributed by atoms with Crippen LogP contribution in [0, 0.1) is 11.3 Å². The normalized spacial score (nSPS) is 26.6. The second-order valence-electron chi connectivity index (χ2n) is 7.40. The molecule has 1 unspecified atom stereocenters. The number of nitrogens with two attached hydrogens (primary N) is 1. The van der Waals surface area contributed by atoms with Crippen LogP contribution in [0.5, 0.6) is 0 Å². The molecule has 0 aromatic heterocycles. The summed E-state index contributed by atoms with van der Waals surface area (Å²) in [6, 6.07) is 0.492. The molecule has 0 radical (unpaired) electrons. The maximum Gasteiger partial charge on any atom is 0.226 e. The zero-order valence-corrected chi connectivity index (χ0v) is 13.4. The molecule has 3 nitrogen and oxygen atoms in total. The second kappa shape index (κ2) is 6.93. The van der Waals surface area contributed by atoms with E-state index in [1.54, 1.807) is 0 Å². The molecule has 2 aliphatic rings. The Morgan fingerprint density at radius 3 is 2.40 bits per heavy atom. The van der Waals surface area contributed by atoms with Crippen LogP contribution < -0.4 is 5.73 Å². The summed E-state index contributed by atoms with van der Waals surface area (Å²) in [5.41, 5.74) is 5.84. The zero-order chi connectivity index (χ0) is 14.6. The van der Waals surface area contributed by atoms with Crippen molar-refractivity contribution in [1.82, 2.24) is 4.90 Å². The van der Waals surface area contributed by atoms with Gasteiger partial charge in [0.05, 0.1) is 0 Å². The van der Waals surface area contributed by atoms with E-state index in [-0.39, 0.29) is 11.3 Å². The quantitative estimate of drug-likeness (QED) is 0.839. The maximum absolute atomic E-state index is 13.1. The summed E-state index contributed by atoms with van der Waals surface area (Å²) in [4.78, 5) is 15.3. The summed E-state index contributed by atoms with van der Waals surface area (Å²) in [6.07, 6.45) is 10.7. The SMILES string of the molecule is CC1(C)CCCCC1C(=O)N(CCCN)C1CCCC1. The van der Waals surface area contributed by atoms with Crippen molar-refractivity contribution in [3.63, 3.8) is 0 Å². The fourth-order valence-corrected chi connectivity index (χ4v) is 4.10. The highest BCUT2D eigenvalue weighted by Crippen LogP contribution is 2.42. The second-order valence-corrected chi connectivity index (χ2v) is 7.40. The average molecular weight is 280 g/mol. The molecule has 1 amide bonds. The van der Waals surface area contributed by atoms with E-state index in [4.69, 9.17) is 5.73 Å². The van der Waals surface area contributed by atoms with Gasteiger partial charge in [0.2, 0.25) is 5.91 Å². The van der Waals surface area contributed by atoms with Crippen molar-refractivity contribution < 1.29 is 4.79 Å². The Morgan fingerprint density at radius 1 is 1.15 bits per heavy atom. The molecule has 0 aromatic rings. The topological polar surface area (TPSA) is 46.3 Å². The van der Waals surface area contributed by atoms with Crippen LogP contribution in [-0.4, -0.2) is 29.9 Å². The van der Waals surface area contributed by atoms with Crippen molar-refractivity contribution in [2.45, 2.75) is 77.7 Å². The van der Waals surface area contributed by atoms with E-state index in [0.29, 0.717) is 18.5 Å². The predicted molar refractivity (Wildman–Crippen MR) is 83.4 cm³/mol. The minimum absolute atomic E-state index is 0.175. The van der Waals surface area contributed by atoms with Gasteiger partial charge in [-0.2, -0.15) is 0 Å². The van der Waals surface area contributed by atoms with Gasteiger partial charge in [0.25, 0.3) is 0 Å². The maximum atomic E-state index is 13.1. The largest absolute Gasteiger partial charge is 0.339 e. The van der Waals surface area contributed by atoms with Gasteiger partial charge in [0, 0.05) is 18.5 Å². The van der Waals surface area contributed by atoms with E-state index < -0.39 is 0 Å². The Bertz CT molecular complexity index is 321. The van der Waals surface area contributed by atoms with E-state index in [0.717, 1.165) is 19.4 Å². The minimum Gasteiger partial charge on any atom is -0.339 e. The first-order valence-electron chi connectivity index (χ1n) is 8.57. The lowest BCUT2D eigenvalue weighted by atomic mass is 9.68. The molecular weight excluding hydrogens is 248 g/mol. The molecular formula is C17H32N2O. The van der Waals surface area contributed by atoms with E-state index >= 15 is 0 Å². The van der Waals surface area contributed by atoms with Crippen molar-refractivity contribution in [2.75, 3.05) is 13.1 Å². The third-order valence-electron chi connectivity index (χ3n) is 5.46. The van der Waals surface area contributed by atoms with Crippen molar-refractivity contribution in [3.05, 3.63) is 0 Å². The summed E-state index contributed by atoms with van der Waals surface area (Å²) >= 11 is 0. The minimum atomic E-state index is 0.175. The molecule has 2 saturated carbocycles. The van der Waals surface area contributed by atoms with E-state index in [1.165, 1.54) is 44.9 Å². The van der Waals surface area contributed by atoms with Gasteiger partial charge in [-0.15, -0.1) is 0 Å². The third-order valence-corrected chi connectivity index (χ3v) is 5.46. The molecule has 116 valence electrons. The molecule has 3 heteroatoms. The molecule has 2 rings (SSSR count). The zero-order valence-electron chi connectivity index (χ0n) is 13.4. The molecule has 0 aliphatic heterocycles. The standard InChI is InChI=1S/C17H32N2O/c1-17(2)11-6-5-10-15(17)16(20)19(13-7-12-18)14-8-3-4-9-14/h14-15H,3-13,18H2,1-2H3. The number of rotatable bonds is 5. The van der Waals surface area contributed by atoms with E-state index in [9.17, 15) is 4.79 Å². The van der Waals surface area contributed by atoms with Gasteiger partial charge in [0.1, 0.15) is 0 Å². The Balaban J connectivity index is 2.07. The summed E-state index contributed by atoms with van der Waals surface area (Å²) in [5, 5.41) is 0. The summed E-state index contributed by atoms with van der Waals surface area (Å²) in [5.74, 6) is 0.657. The van der Waals surface area contributed by atoms with Crippen molar-refractivity contribution in [1.29, 1.82) is 0 Å². The van der Waals surface area contributed by atoms with Gasteiger partial charge in [-0.1, -0.05) is 39.5 Å². The molecule has 20 heavy (non-hydrogen) atoms. The summed E-state index contributed by atoms with van der Waals surface area (Å²) in [7, 11) is 0. The van der Waals surface area contributed by atoms with Gasteiger partial charge in [-0.3, -0.25) is 4.79 Å². The Morgan fingerprint density at radius 2 is 1.80 bits per heavy atom. The van der Waals surface area contributed by atoms with Crippen LogP contribution >= 0.6 is 0 Å². The lowest BCUT2D eigenvalue weighted by Gasteiger charge is -2.42. The number of carbonyl (C=O) groups excluding carboxylic acids is 1. The van der Waals surface area contributed by atoms with Crippen molar-refractivity contribution >= 4 is 5.91 Å². The van der Waals surface area contributed by atoms with E-state index in [1.807, 2.05) is 0 Å². The predicted octanol–water partition coefficient (Wildman–Crippen LogP) is 3.32. The Hall–Kier alpha value is -0.570. The van der Waals surface area contributed by atoms with Gasteiger partial charge < -0.3 is 10.6 Å². The van der Waals surface area contributed by atoms with Crippen LogP contribution in [0.3, 0.4) is 0 Å². The van der Waals surface area contributed by atoms with Crippen LogP contribution in [0.25, 0.3) is 0 Å². The molecule has 2 aliphatic carbocycles. The number of hydrogen-bond acceptors (Lipinski definition) is 2. The smallest absolute Gasteiger partial charge is 0.226 e. The van der Waals surface area contributed by atoms with Gasteiger partial charge >= 0.3 is 0 Å². The molecule has 0 aromatic carbocycles. The molecule has 0 bridgehead atoms. The lowest BCUT2D eigenvalue weighted by Crippen LogP contribution is -2.48. The van der Waals surface area contributed by atoms with Crippen molar-refractivity contribution in [2.24, 2.45) is 17.1 Å². The number of amides is 1. The van der Waals surface area contributed by atoms with E-state index in [2.05, 4.69) is 18.7 Å². The first-order valence-corrected chi connectivity index (χ1v) is 8.57. The van der Waals surface area contributed by atoms with Crippen LogP contribution in [0.15, 0.2) is 0 Å². The first-order chi connectivity index (χ1) is 9.56.